The molecule has 0 aliphatic heterocycles. The van der Waals surface area contributed by atoms with E-state index in [1.165, 1.54) is 21.5 Å². The fraction of sp³-hybridized carbons (Fsp3) is 0. The summed E-state index contributed by atoms with van der Waals surface area (Å²) in [6, 6.07) is 65.5. The predicted octanol–water partition coefficient (Wildman–Crippen LogP) is 13.3. The lowest BCUT2D eigenvalue weighted by molar-refractivity contribution is 1.17. The van der Waals surface area contributed by atoms with Gasteiger partial charge in [-0.2, -0.15) is 5.26 Å². The van der Waals surface area contributed by atoms with Crippen molar-refractivity contribution in [3.05, 3.63) is 199 Å². The standard InChI is InChI=1S/C50H30N4/c1-52-43-25-15-20-35(32-51)48(43)42-30-41(34-18-7-3-8-19-34)47(31-40(42)33-16-5-2-6-17-33)54-44-26-13-11-23-37(44)38-28-29-46-49(50(38)54)39-24-12-14-27-45(39)53(46)36-21-9-4-10-22-36/h2-31H. The van der Waals surface area contributed by atoms with Crippen molar-refractivity contribution in [3.63, 3.8) is 0 Å². The lowest BCUT2D eigenvalue weighted by atomic mass is 9.87. The van der Waals surface area contributed by atoms with Crippen LogP contribution in [-0.2, 0) is 0 Å². The van der Waals surface area contributed by atoms with Crippen LogP contribution in [0.3, 0.4) is 0 Å². The van der Waals surface area contributed by atoms with Gasteiger partial charge < -0.3 is 9.13 Å². The Morgan fingerprint density at radius 3 is 1.78 bits per heavy atom. The van der Waals surface area contributed by atoms with Crippen molar-refractivity contribution in [2.75, 3.05) is 0 Å². The average molecular weight is 687 g/mol. The van der Waals surface area contributed by atoms with Gasteiger partial charge in [-0.15, -0.1) is 0 Å². The summed E-state index contributed by atoms with van der Waals surface area (Å²) in [5, 5.41) is 15.1. The van der Waals surface area contributed by atoms with Crippen molar-refractivity contribution in [1.82, 2.24) is 9.13 Å². The summed E-state index contributed by atoms with van der Waals surface area (Å²) >= 11 is 0. The Morgan fingerprint density at radius 2 is 1.09 bits per heavy atom. The maximum absolute atomic E-state index is 10.4. The Hall–Kier alpha value is -7.66. The number of rotatable bonds is 5. The molecule has 0 aliphatic rings. The molecule has 4 nitrogen and oxygen atoms in total. The summed E-state index contributed by atoms with van der Waals surface area (Å²) in [7, 11) is 0. The molecule has 54 heavy (non-hydrogen) atoms. The van der Waals surface area contributed by atoms with Gasteiger partial charge in [0.2, 0.25) is 0 Å². The van der Waals surface area contributed by atoms with Gasteiger partial charge in [0.1, 0.15) is 0 Å². The zero-order valence-corrected chi connectivity index (χ0v) is 29.1. The summed E-state index contributed by atoms with van der Waals surface area (Å²) < 4.78 is 4.81. The summed E-state index contributed by atoms with van der Waals surface area (Å²) in [5.41, 5.74) is 13.0. The molecule has 0 bridgehead atoms. The van der Waals surface area contributed by atoms with Gasteiger partial charge in [-0.25, -0.2) is 4.85 Å². The molecule has 0 amide bonds. The first kappa shape index (κ1) is 31.1. The normalized spacial score (nSPS) is 11.3. The molecule has 250 valence electrons. The number of para-hydroxylation sites is 3. The van der Waals surface area contributed by atoms with Gasteiger partial charge in [0.15, 0.2) is 5.69 Å². The molecule has 0 radical (unpaired) electrons. The highest BCUT2D eigenvalue weighted by molar-refractivity contribution is 6.26. The van der Waals surface area contributed by atoms with E-state index in [0.717, 1.165) is 61.3 Å². The first-order valence-corrected chi connectivity index (χ1v) is 18.0. The molecular formula is C50H30N4. The van der Waals surface area contributed by atoms with Crippen LogP contribution in [0, 0.1) is 17.9 Å². The fourth-order valence-electron chi connectivity index (χ4n) is 8.31. The molecule has 0 saturated carbocycles. The SMILES string of the molecule is [C-]#[N+]c1cccc(C#N)c1-c1cc(-c2ccccc2)c(-n2c3ccccc3c3ccc4c(c5ccccc5n4-c4ccccc4)c32)cc1-c1ccccc1. The number of nitriles is 1. The number of nitrogens with zero attached hydrogens (tertiary/aromatic N) is 4. The van der Waals surface area contributed by atoms with E-state index < -0.39 is 0 Å². The maximum Gasteiger partial charge on any atom is 0.196 e. The summed E-state index contributed by atoms with van der Waals surface area (Å²) in [6.45, 7) is 8.15. The van der Waals surface area contributed by atoms with E-state index in [9.17, 15) is 5.26 Å². The third-order valence-electron chi connectivity index (χ3n) is 10.6. The zero-order valence-electron chi connectivity index (χ0n) is 29.1. The van der Waals surface area contributed by atoms with Crippen LogP contribution in [0.1, 0.15) is 5.56 Å². The van der Waals surface area contributed by atoms with Crippen LogP contribution in [-0.4, -0.2) is 9.13 Å². The summed E-state index contributed by atoms with van der Waals surface area (Å²) in [5.74, 6) is 0. The van der Waals surface area contributed by atoms with Crippen molar-refractivity contribution in [2.45, 2.75) is 0 Å². The molecule has 0 atom stereocenters. The van der Waals surface area contributed by atoms with Crippen LogP contribution < -0.4 is 0 Å². The average Bonchev–Trinajstić information content (AvgIpc) is 3.77. The molecule has 4 heteroatoms. The van der Waals surface area contributed by atoms with Crippen molar-refractivity contribution in [3.8, 4) is 50.8 Å². The minimum Gasteiger partial charge on any atom is -0.309 e. The third kappa shape index (κ3) is 4.68. The molecule has 0 unspecified atom stereocenters. The third-order valence-corrected chi connectivity index (χ3v) is 10.6. The molecule has 10 rings (SSSR count). The molecule has 0 N–H and O–H groups in total. The zero-order chi connectivity index (χ0) is 36.2. The fourth-order valence-corrected chi connectivity index (χ4v) is 8.31. The van der Waals surface area contributed by atoms with Gasteiger partial charge in [0, 0.05) is 43.9 Å². The van der Waals surface area contributed by atoms with Crippen LogP contribution in [0.5, 0.6) is 0 Å². The second kappa shape index (κ2) is 12.5. The quantitative estimate of drug-likeness (QED) is 0.166. The first-order valence-electron chi connectivity index (χ1n) is 18.0. The molecule has 2 aromatic heterocycles. The molecule has 8 aromatic carbocycles. The molecule has 10 aromatic rings. The largest absolute Gasteiger partial charge is 0.309 e. The molecular weight excluding hydrogens is 657 g/mol. The van der Waals surface area contributed by atoms with E-state index in [0.29, 0.717) is 16.8 Å². The monoisotopic (exact) mass is 686 g/mol. The van der Waals surface area contributed by atoms with E-state index in [4.69, 9.17) is 6.57 Å². The Bertz CT molecular complexity index is 3120. The Labute approximate surface area is 312 Å². The van der Waals surface area contributed by atoms with E-state index in [1.54, 1.807) is 18.2 Å². The topological polar surface area (TPSA) is 38.0 Å². The van der Waals surface area contributed by atoms with Gasteiger partial charge in [-0.3, -0.25) is 0 Å². The lowest BCUT2D eigenvalue weighted by Gasteiger charge is -2.21. The van der Waals surface area contributed by atoms with E-state index in [1.807, 2.05) is 24.3 Å². The molecule has 0 fully saturated rings. The van der Waals surface area contributed by atoms with Crippen molar-refractivity contribution in [2.24, 2.45) is 0 Å². The van der Waals surface area contributed by atoms with Crippen LogP contribution in [0.25, 0.3) is 93.2 Å². The van der Waals surface area contributed by atoms with Gasteiger partial charge >= 0.3 is 0 Å². The number of fused-ring (bicyclic) bond motifs is 7. The number of aromatic nitrogens is 2. The van der Waals surface area contributed by atoms with Gasteiger partial charge in [-0.05, 0) is 70.8 Å². The van der Waals surface area contributed by atoms with E-state index in [2.05, 4.69) is 160 Å². The Balaban J connectivity index is 1.43. The Kier molecular flexibility index (Phi) is 7.22. The highest BCUT2D eigenvalue weighted by Gasteiger charge is 2.25. The van der Waals surface area contributed by atoms with Crippen LogP contribution in [0.4, 0.5) is 5.69 Å². The highest BCUT2D eigenvalue weighted by Crippen LogP contribution is 2.47. The van der Waals surface area contributed by atoms with Crippen molar-refractivity contribution < 1.29 is 0 Å². The minimum atomic E-state index is 0.449. The second-order valence-electron chi connectivity index (χ2n) is 13.5. The Morgan fingerprint density at radius 1 is 0.481 bits per heavy atom. The van der Waals surface area contributed by atoms with Gasteiger partial charge in [0.05, 0.1) is 40.4 Å². The van der Waals surface area contributed by atoms with Crippen LogP contribution in [0.15, 0.2) is 182 Å². The van der Waals surface area contributed by atoms with E-state index in [-0.39, 0.29) is 0 Å². The molecule has 2 heterocycles. The molecule has 0 aliphatic carbocycles. The van der Waals surface area contributed by atoms with Crippen LogP contribution in [0.2, 0.25) is 0 Å². The molecule has 0 spiro atoms. The summed E-state index contributed by atoms with van der Waals surface area (Å²) in [6.07, 6.45) is 0. The predicted molar refractivity (Wildman–Crippen MR) is 222 cm³/mol. The maximum atomic E-state index is 10.4. The van der Waals surface area contributed by atoms with Crippen LogP contribution >= 0.6 is 0 Å². The second-order valence-corrected chi connectivity index (χ2v) is 13.5. The smallest absolute Gasteiger partial charge is 0.196 e. The molecule has 0 saturated heterocycles. The summed E-state index contributed by atoms with van der Waals surface area (Å²) in [4.78, 5) is 3.93. The van der Waals surface area contributed by atoms with Gasteiger partial charge in [0.25, 0.3) is 0 Å². The van der Waals surface area contributed by atoms with Gasteiger partial charge in [-0.1, -0.05) is 133 Å². The van der Waals surface area contributed by atoms with Crippen molar-refractivity contribution in [1.29, 1.82) is 5.26 Å². The highest BCUT2D eigenvalue weighted by atomic mass is 15.0. The number of benzene rings is 8. The lowest BCUT2D eigenvalue weighted by Crippen LogP contribution is -2.01. The van der Waals surface area contributed by atoms with E-state index >= 15 is 0 Å². The minimum absolute atomic E-state index is 0.449. The first-order chi connectivity index (χ1) is 26.7. The van der Waals surface area contributed by atoms with Crippen molar-refractivity contribution >= 4 is 49.3 Å². The number of hydrogen-bond donors (Lipinski definition) is 0. The number of hydrogen-bond acceptors (Lipinski definition) is 1.